The number of aromatic nitrogens is 2. The van der Waals surface area contributed by atoms with Gasteiger partial charge in [0.1, 0.15) is 5.82 Å². The van der Waals surface area contributed by atoms with E-state index in [0.717, 1.165) is 62.6 Å². The Hall–Kier alpha value is -1.36. The standard InChI is InChI=1S/C16H27N5/c1-13-4-6-20(7-5-13)15-12-14(2)17-16(18-15)21-10-8-19(3)9-11-21/h12-13H,4-11H2,1-3H3. The SMILES string of the molecule is Cc1cc(N2CCC(C)CC2)nc(N2CCN(C)CC2)n1. The molecule has 0 radical (unpaired) electrons. The molecule has 0 unspecified atom stereocenters. The van der Waals surface area contributed by atoms with Crippen LogP contribution in [0.15, 0.2) is 6.07 Å². The topological polar surface area (TPSA) is 35.5 Å². The predicted octanol–water partition coefficient (Wildman–Crippen LogP) is 1.77. The zero-order valence-corrected chi connectivity index (χ0v) is 13.5. The summed E-state index contributed by atoms with van der Waals surface area (Å²) >= 11 is 0. The summed E-state index contributed by atoms with van der Waals surface area (Å²) < 4.78 is 0. The molecule has 21 heavy (non-hydrogen) atoms. The van der Waals surface area contributed by atoms with Crippen molar-refractivity contribution < 1.29 is 0 Å². The molecule has 116 valence electrons. The summed E-state index contributed by atoms with van der Waals surface area (Å²) in [5, 5.41) is 0. The second kappa shape index (κ2) is 6.18. The number of hydrogen-bond donors (Lipinski definition) is 0. The van der Waals surface area contributed by atoms with Crippen LogP contribution in [0.25, 0.3) is 0 Å². The molecule has 0 spiro atoms. The van der Waals surface area contributed by atoms with Crippen LogP contribution < -0.4 is 9.80 Å². The Balaban J connectivity index is 1.76. The summed E-state index contributed by atoms with van der Waals surface area (Å²) in [5.74, 6) is 2.88. The Bertz CT molecular complexity index is 433. The number of nitrogens with zero attached hydrogens (tertiary/aromatic N) is 5. The summed E-state index contributed by atoms with van der Waals surface area (Å²) in [6.07, 6.45) is 2.54. The summed E-state index contributed by atoms with van der Waals surface area (Å²) in [4.78, 5) is 16.6. The molecular formula is C16H27N5. The average molecular weight is 289 g/mol. The van der Waals surface area contributed by atoms with Crippen LogP contribution in [-0.4, -0.2) is 61.2 Å². The van der Waals surface area contributed by atoms with Crippen molar-refractivity contribution in [1.82, 2.24) is 14.9 Å². The van der Waals surface area contributed by atoms with Gasteiger partial charge >= 0.3 is 0 Å². The van der Waals surface area contributed by atoms with Crippen LogP contribution >= 0.6 is 0 Å². The molecule has 0 saturated carbocycles. The van der Waals surface area contributed by atoms with Gasteiger partial charge in [-0.15, -0.1) is 0 Å². The number of likely N-dealkylation sites (N-methyl/N-ethyl adjacent to an activating group) is 1. The van der Waals surface area contributed by atoms with E-state index in [1.54, 1.807) is 0 Å². The third-order valence-corrected chi connectivity index (χ3v) is 4.72. The van der Waals surface area contributed by atoms with Crippen LogP contribution in [-0.2, 0) is 0 Å². The lowest BCUT2D eigenvalue weighted by atomic mass is 9.99. The maximum atomic E-state index is 4.85. The number of piperidine rings is 1. The summed E-state index contributed by atoms with van der Waals surface area (Å²) in [7, 11) is 2.18. The maximum absolute atomic E-state index is 4.85. The molecule has 2 saturated heterocycles. The van der Waals surface area contributed by atoms with Gasteiger partial charge in [-0.25, -0.2) is 4.98 Å². The molecule has 0 N–H and O–H groups in total. The van der Waals surface area contributed by atoms with Crippen LogP contribution in [0.5, 0.6) is 0 Å². The highest BCUT2D eigenvalue weighted by Gasteiger charge is 2.21. The number of aryl methyl sites for hydroxylation is 1. The van der Waals surface area contributed by atoms with Crippen molar-refractivity contribution in [3.05, 3.63) is 11.8 Å². The third kappa shape index (κ3) is 3.46. The first-order valence-electron chi connectivity index (χ1n) is 8.16. The molecule has 1 aromatic heterocycles. The molecule has 2 aliphatic rings. The number of piperazine rings is 1. The van der Waals surface area contributed by atoms with Crippen molar-refractivity contribution in [1.29, 1.82) is 0 Å². The summed E-state index contributed by atoms with van der Waals surface area (Å²) in [6.45, 7) is 10.9. The molecule has 2 fully saturated rings. The van der Waals surface area contributed by atoms with Crippen LogP contribution in [0.3, 0.4) is 0 Å². The molecule has 0 amide bonds. The molecule has 3 rings (SSSR count). The predicted molar refractivity (Wildman–Crippen MR) is 87.1 cm³/mol. The molecule has 1 aromatic rings. The first kappa shape index (κ1) is 14.6. The average Bonchev–Trinajstić information content (AvgIpc) is 2.48. The van der Waals surface area contributed by atoms with Gasteiger partial charge in [0.15, 0.2) is 0 Å². The maximum Gasteiger partial charge on any atom is 0.227 e. The quantitative estimate of drug-likeness (QED) is 0.829. The minimum Gasteiger partial charge on any atom is -0.356 e. The fraction of sp³-hybridized carbons (Fsp3) is 0.750. The molecular weight excluding hydrogens is 262 g/mol. The second-order valence-corrected chi connectivity index (χ2v) is 6.63. The number of anilines is 2. The van der Waals surface area contributed by atoms with E-state index in [-0.39, 0.29) is 0 Å². The lowest BCUT2D eigenvalue weighted by Gasteiger charge is -2.34. The molecule has 5 heteroatoms. The van der Waals surface area contributed by atoms with Crippen LogP contribution in [0.1, 0.15) is 25.5 Å². The Morgan fingerprint density at radius 1 is 0.952 bits per heavy atom. The van der Waals surface area contributed by atoms with Crippen LogP contribution in [0.2, 0.25) is 0 Å². The van der Waals surface area contributed by atoms with Gasteiger partial charge < -0.3 is 14.7 Å². The van der Waals surface area contributed by atoms with E-state index in [9.17, 15) is 0 Å². The zero-order valence-electron chi connectivity index (χ0n) is 13.5. The molecule has 0 bridgehead atoms. The van der Waals surface area contributed by atoms with E-state index in [1.165, 1.54) is 12.8 Å². The zero-order chi connectivity index (χ0) is 14.8. The van der Waals surface area contributed by atoms with Crippen molar-refractivity contribution in [2.75, 3.05) is 56.1 Å². The first-order valence-corrected chi connectivity index (χ1v) is 8.16. The van der Waals surface area contributed by atoms with E-state index < -0.39 is 0 Å². The Kier molecular flexibility index (Phi) is 4.29. The van der Waals surface area contributed by atoms with E-state index >= 15 is 0 Å². The normalized spacial score (nSPS) is 21.9. The summed E-state index contributed by atoms with van der Waals surface area (Å²) in [6, 6.07) is 2.13. The Morgan fingerprint density at radius 3 is 2.29 bits per heavy atom. The van der Waals surface area contributed by atoms with Gasteiger partial charge in [-0.2, -0.15) is 4.98 Å². The van der Waals surface area contributed by atoms with Crippen molar-refractivity contribution in [2.45, 2.75) is 26.7 Å². The molecule has 3 heterocycles. The summed E-state index contributed by atoms with van der Waals surface area (Å²) in [5.41, 5.74) is 1.08. The van der Waals surface area contributed by atoms with Crippen LogP contribution in [0.4, 0.5) is 11.8 Å². The largest absolute Gasteiger partial charge is 0.356 e. The van der Waals surface area contributed by atoms with E-state index in [1.807, 2.05) is 0 Å². The molecule has 0 aliphatic carbocycles. The number of hydrogen-bond acceptors (Lipinski definition) is 5. The fourth-order valence-corrected chi connectivity index (χ4v) is 3.08. The van der Waals surface area contributed by atoms with Gasteiger partial charge in [-0.3, -0.25) is 0 Å². The highest BCUT2D eigenvalue weighted by molar-refractivity contribution is 5.46. The Morgan fingerprint density at radius 2 is 1.62 bits per heavy atom. The monoisotopic (exact) mass is 289 g/mol. The molecule has 2 aliphatic heterocycles. The van der Waals surface area contributed by atoms with Gasteiger partial charge in [0, 0.05) is 51.0 Å². The Labute approximate surface area is 128 Å². The lowest BCUT2D eigenvalue weighted by molar-refractivity contribution is 0.311. The van der Waals surface area contributed by atoms with Crippen molar-refractivity contribution in [3.8, 4) is 0 Å². The van der Waals surface area contributed by atoms with Gasteiger partial charge in [-0.05, 0) is 32.7 Å². The first-order chi connectivity index (χ1) is 10.1. The highest BCUT2D eigenvalue weighted by Crippen LogP contribution is 2.24. The van der Waals surface area contributed by atoms with Crippen molar-refractivity contribution >= 4 is 11.8 Å². The number of rotatable bonds is 2. The molecule has 5 nitrogen and oxygen atoms in total. The third-order valence-electron chi connectivity index (χ3n) is 4.72. The van der Waals surface area contributed by atoms with Crippen molar-refractivity contribution in [2.24, 2.45) is 5.92 Å². The van der Waals surface area contributed by atoms with E-state index in [4.69, 9.17) is 4.98 Å². The lowest BCUT2D eigenvalue weighted by Crippen LogP contribution is -2.45. The minimum absolute atomic E-state index is 0.848. The fourth-order valence-electron chi connectivity index (χ4n) is 3.08. The second-order valence-electron chi connectivity index (χ2n) is 6.63. The van der Waals surface area contributed by atoms with Crippen LogP contribution in [0, 0.1) is 12.8 Å². The van der Waals surface area contributed by atoms with Crippen molar-refractivity contribution in [3.63, 3.8) is 0 Å². The molecule has 0 atom stereocenters. The van der Waals surface area contributed by atoms with E-state index in [0.29, 0.717) is 0 Å². The molecule has 0 aromatic carbocycles. The van der Waals surface area contributed by atoms with E-state index in [2.05, 4.69) is 46.6 Å². The van der Waals surface area contributed by atoms with Gasteiger partial charge in [0.05, 0.1) is 0 Å². The van der Waals surface area contributed by atoms with Gasteiger partial charge in [-0.1, -0.05) is 6.92 Å². The van der Waals surface area contributed by atoms with Gasteiger partial charge in [0.2, 0.25) is 5.95 Å². The minimum atomic E-state index is 0.848. The smallest absolute Gasteiger partial charge is 0.227 e. The van der Waals surface area contributed by atoms with Gasteiger partial charge in [0.25, 0.3) is 0 Å². The highest BCUT2D eigenvalue weighted by atomic mass is 15.3.